The molecule has 2 aromatic carbocycles. The van der Waals surface area contributed by atoms with Crippen molar-refractivity contribution in [2.24, 2.45) is 5.10 Å². The molecule has 1 aliphatic heterocycles. The van der Waals surface area contributed by atoms with Crippen LogP contribution in [0, 0.1) is 0 Å². The van der Waals surface area contributed by atoms with Gasteiger partial charge in [-0.15, -0.1) is 11.3 Å². The molecule has 0 fully saturated rings. The lowest BCUT2D eigenvalue weighted by Gasteiger charge is -2.10. The van der Waals surface area contributed by atoms with E-state index in [1.807, 2.05) is 73.7 Å². The third-order valence-electron chi connectivity index (χ3n) is 3.98. The number of benzene rings is 2. The maximum absolute atomic E-state index is 12.8. The summed E-state index contributed by atoms with van der Waals surface area (Å²) >= 11 is 9.26. The van der Waals surface area contributed by atoms with Gasteiger partial charge in [-0.3, -0.25) is 4.79 Å². The zero-order chi connectivity index (χ0) is 18.8. The van der Waals surface area contributed by atoms with E-state index in [2.05, 4.69) is 11.2 Å². The lowest BCUT2D eigenvalue weighted by atomic mass is 10.1. The summed E-state index contributed by atoms with van der Waals surface area (Å²) in [5.41, 5.74) is 2.13. The number of hydrogen-bond acceptors (Lipinski definition) is 4. The first-order chi connectivity index (χ1) is 13.1. The van der Waals surface area contributed by atoms with Crippen LogP contribution >= 0.6 is 34.7 Å². The number of halogens is 1. The summed E-state index contributed by atoms with van der Waals surface area (Å²) in [6.45, 7) is 1.86. The third kappa shape index (κ3) is 4.00. The SMILES string of the molecule is CC1=NN(c2ccccc2)C(=O)C1=Cc1ccc(Sc2ccc(Cl)cc2)s1. The molecule has 0 spiro atoms. The maximum Gasteiger partial charge on any atom is 0.280 e. The molecule has 0 radical (unpaired) electrons. The minimum atomic E-state index is -0.0981. The molecule has 1 aliphatic rings. The zero-order valence-electron chi connectivity index (χ0n) is 14.4. The van der Waals surface area contributed by atoms with E-state index in [1.165, 1.54) is 5.01 Å². The quantitative estimate of drug-likeness (QED) is 0.469. The minimum Gasteiger partial charge on any atom is -0.267 e. The van der Waals surface area contributed by atoms with Gasteiger partial charge in [0, 0.05) is 14.8 Å². The van der Waals surface area contributed by atoms with E-state index in [0.29, 0.717) is 5.57 Å². The van der Waals surface area contributed by atoms with Crippen LogP contribution in [0.15, 0.2) is 86.5 Å². The molecule has 0 aliphatic carbocycles. The second-order valence-corrected chi connectivity index (χ2v) is 8.83. The fourth-order valence-electron chi connectivity index (χ4n) is 2.66. The van der Waals surface area contributed by atoms with Gasteiger partial charge in [-0.25, -0.2) is 0 Å². The molecule has 0 saturated carbocycles. The van der Waals surface area contributed by atoms with Crippen molar-refractivity contribution in [1.82, 2.24) is 0 Å². The first kappa shape index (κ1) is 18.0. The fraction of sp³-hybridized carbons (Fsp3) is 0.0476. The smallest absolute Gasteiger partial charge is 0.267 e. The minimum absolute atomic E-state index is 0.0981. The summed E-state index contributed by atoms with van der Waals surface area (Å²) < 4.78 is 1.16. The van der Waals surface area contributed by atoms with Crippen molar-refractivity contribution in [2.45, 2.75) is 16.0 Å². The summed E-state index contributed by atoms with van der Waals surface area (Å²) in [7, 11) is 0. The van der Waals surface area contributed by atoms with Crippen LogP contribution in [0.3, 0.4) is 0 Å². The van der Waals surface area contributed by atoms with Gasteiger partial charge in [-0.1, -0.05) is 41.6 Å². The van der Waals surface area contributed by atoms with Crippen molar-refractivity contribution in [1.29, 1.82) is 0 Å². The Bertz CT molecular complexity index is 1040. The molecular formula is C21H15ClN2OS2. The van der Waals surface area contributed by atoms with E-state index in [9.17, 15) is 4.79 Å². The standard InChI is InChI=1S/C21H15ClN2OS2/c1-14-19(21(25)24(23-14)16-5-3-2-4-6-16)13-18-11-12-20(27-18)26-17-9-7-15(22)8-10-17/h2-13H,1H3. The van der Waals surface area contributed by atoms with Crippen molar-refractivity contribution in [3.8, 4) is 0 Å². The van der Waals surface area contributed by atoms with E-state index >= 15 is 0 Å². The van der Waals surface area contributed by atoms with Crippen molar-refractivity contribution < 1.29 is 4.79 Å². The number of para-hydroxylation sites is 1. The van der Waals surface area contributed by atoms with Crippen LogP contribution in [0.2, 0.25) is 5.02 Å². The topological polar surface area (TPSA) is 32.7 Å². The van der Waals surface area contributed by atoms with E-state index in [-0.39, 0.29) is 5.91 Å². The molecule has 3 aromatic rings. The van der Waals surface area contributed by atoms with Gasteiger partial charge < -0.3 is 0 Å². The summed E-state index contributed by atoms with van der Waals surface area (Å²) in [5.74, 6) is -0.0981. The second kappa shape index (κ2) is 7.72. The predicted molar refractivity (Wildman–Crippen MR) is 115 cm³/mol. The average molecular weight is 411 g/mol. The number of amides is 1. The lowest BCUT2D eigenvalue weighted by Crippen LogP contribution is -2.21. The number of anilines is 1. The van der Waals surface area contributed by atoms with Gasteiger partial charge in [-0.05, 0) is 61.5 Å². The van der Waals surface area contributed by atoms with E-state index in [0.717, 1.165) is 30.4 Å². The molecule has 3 nitrogen and oxygen atoms in total. The first-order valence-electron chi connectivity index (χ1n) is 8.30. The Balaban J connectivity index is 1.54. The molecule has 27 heavy (non-hydrogen) atoms. The zero-order valence-corrected chi connectivity index (χ0v) is 16.8. The molecule has 0 unspecified atom stereocenters. The van der Waals surface area contributed by atoms with Crippen LogP contribution in [0.5, 0.6) is 0 Å². The monoisotopic (exact) mass is 410 g/mol. The highest BCUT2D eigenvalue weighted by atomic mass is 35.5. The van der Waals surface area contributed by atoms with Gasteiger partial charge in [0.15, 0.2) is 0 Å². The lowest BCUT2D eigenvalue weighted by molar-refractivity contribution is -0.114. The molecule has 0 atom stereocenters. The van der Waals surface area contributed by atoms with E-state index in [4.69, 9.17) is 11.6 Å². The van der Waals surface area contributed by atoms with Crippen molar-refractivity contribution in [2.75, 3.05) is 5.01 Å². The van der Waals surface area contributed by atoms with Crippen LogP contribution in [-0.4, -0.2) is 11.6 Å². The molecular weight excluding hydrogens is 396 g/mol. The van der Waals surface area contributed by atoms with Crippen LogP contribution < -0.4 is 5.01 Å². The highest BCUT2D eigenvalue weighted by molar-refractivity contribution is 8.01. The number of carbonyl (C=O) groups is 1. The molecule has 1 aromatic heterocycles. The maximum atomic E-state index is 12.8. The van der Waals surface area contributed by atoms with Crippen LogP contribution in [-0.2, 0) is 4.79 Å². The number of rotatable bonds is 4. The van der Waals surface area contributed by atoms with E-state index < -0.39 is 0 Å². The fourth-order valence-corrected chi connectivity index (χ4v) is 4.85. The Morgan fingerprint density at radius 1 is 1.04 bits per heavy atom. The molecule has 0 saturated heterocycles. The first-order valence-corrected chi connectivity index (χ1v) is 10.3. The largest absolute Gasteiger partial charge is 0.280 e. The number of thiophene rings is 1. The summed E-state index contributed by atoms with van der Waals surface area (Å²) in [5, 5.41) is 6.61. The van der Waals surface area contributed by atoms with Gasteiger partial charge in [0.05, 0.1) is 21.2 Å². The van der Waals surface area contributed by atoms with Crippen molar-refractivity contribution >= 4 is 58.1 Å². The summed E-state index contributed by atoms with van der Waals surface area (Å²) in [4.78, 5) is 14.9. The average Bonchev–Trinajstić information content (AvgIpc) is 3.24. The van der Waals surface area contributed by atoms with Crippen LogP contribution in [0.4, 0.5) is 5.69 Å². The van der Waals surface area contributed by atoms with E-state index in [1.54, 1.807) is 23.1 Å². The highest BCUT2D eigenvalue weighted by Crippen LogP contribution is 2.35. The second-order valence-electron chi connectivity index (χ2n) is 5.91. The van der Waals surface area contributed by atoms with Gasteiger partial charge in [0.25, 0.3) is 5.91 Å². The number of carbonyl (C=O) groups excluding carboxylic acids is 1. The van der Waals surface area contributed by atoms with Gasteiger partial charge in [-0.2, -0.15) is 10.1 Å². The van der Waals surface area contributed by atoms with Gasteiger partial charge in [0.1, 0.15) is 0 Å². The normalized spacial score (nSPS) is 15.5. The Kier molecular flexibility index (Phi) is 5.16. The predicted octanol–water partition coefficient (Wildman–Crippen LogP) is 6.36. The third-order valence-corrected chi connectivity index (χ3v) is 6.41. The summed E-state index contributed by atoms with van der Waals surface area (Å²) in [6.07, 6.45) is 1.92. The van der Waals surface area contributed by atoms with Crippen LogP contribution in [0.25, 0.3) is 6.08 Å². The van der Waals surface area contributed by atoms with Crippen molar-refractivity contribution in [3.63, 3.8) is 0 Å². The molecule has 6 heteroatoms. The Morgan fingerprint density at radius 2 is 1.78 bits per heavy atom. The molecule has 4 rings (SSSR count). The number of hydrogen-bond donors (Lipinski definition) is 0. The summed E-state index contributed by atoms with van der Waals surface area (Å²) in [6, 6.07) is 21.3. The highest BCUT2D eigenvalue weighted by Gasteiger charge is 2.28. The van der Waals surface area contributed by atoms with Crippen LogP contribution in [0.1, 0.15) is 11.8 Å². The molecule has 0 bridgehead atoms. The molecule has 134 valence electrons. The molecule has 0 N–H and O–H groups in total. The van der Waals surface area contributed by atoms with Crippen molar-refractivity contribution in [3.05, 3.63) is 82.2 Å². The van der Waals surface area contributed by atoms with Gasteiger partial charge >= 0.3 is 0 Å². The Hall–Kier alpha value is -2.34. The van der Waals surface area contributed by atoms with Gasteiger partial charge in [0.2, 0.25) is 0 Å². The Labute approximate surface area is 171 Å². The number of hydrazone groups is 1. The molecule has 2 heterocycles. The molecule has 1 amide bonds. The Morgan fingerprint density at radius 3 is 2.52 bits per heavy atom. The number of nitrogens with zero attached hydrogens (tertiary/aromatic N) is 2.